The van der Waals surface area contributed by atoms with Crippen LogP contribution < -0.4 is 0 Å². The highest BCUT2D eigenvalue weighted by Gasteiger charge is 2.57. The summed E-state index contributed by atoms with van der Waals surface area (Å²) in [4.78, 5) is 0. The molecule has 0 aromatic heterocycles. The Hall–Kier alpha value is -0.600. The molecule has 2 heteroatoms. The average Bonchev–Trinajstić information content (AvgIpc) is 2.40. The van der Waals surface area contributed by atoms with Crippen molar-refractivity contribution in [3.8, 4) is 0 Å². The Morgan fingerprint density at radius 3 is 2.45 bits per heavy atom. The van der Waals surface area contributed by atoms with E-state index in [2.05, 4.69) is 46.8 Å². The van der Waals surface area contributed by atoms with Crippen molar-refractivity contribution in [2.45, 2.75) is 96.9 Å². The molecule has 0 spiro atoms. The number of rotatable bonds is 1. The van der Waals surface area contributed by atoms with Crippen molar-refractivity contribution in [1.82, 2.24) is 0 Å². The van der Waals surface area contributed by atoms with E-state index < -0.39 is 0 Å². The van der Waals surface area contributed by atoms with Crippen LogP contribution in [0, 0.1) is 5.92 Å². The second-order valence-corrected chi connectivity index (χ2v) is 8.06. The molecule has 126 valence electrons. The van der Waals surface area contributed by atoms with Gasteiger partial charge in [0.2, 0.25) is 0 Å². The standard InChI is InChI=1S/C20H34O2/c1-15(2)20-13-12-17(4)9-6-8-16(3)10-7-11-18(21)19(5,14-20)22-20/h8,12,15,18,21H,6-7,9-11,13-14H2,1-5H3. The molecule has 22 heavy (non-hydrogen) atoms. The third kappa shape index (κ3) is 3.83. The number of fused-ring (bicyclic) bond motifs is 8. The predicted molar refractivity (Wildman–Crippen MR) is 92.9 cm³/mol. The molecule has 1 N–H and O–H groups in total. The van der Waals surface area contributed by atoms with E-state index in [4.69, 9.17) is 4.74 Å². The van der Waals surface area contributed by atoms with Crippen molar-refractivity contribution < 1.29 is 9.84 Å². The molecule has 0 aromatic rings. The largest absolute Gasteiger partial charge is 0.390 e. The molecule has 0 amide bonds. The van der Waals surface area contributed by atoms with Gasteiger partial charge in [0, 0.05) is 6.42 Å². The Morgan fingerprint density at radius 1 is 1.18 bits per heavy atom. The van der Waals surface area contributed by atoms with E-state index in [0.29, 0.717) is 5.92 Å². The lowest BCUT2D eigenvalue weighted by Gasteiger charge is -2.59. The molecule has 2 aliphatic heterocycles. The van der Waals surface area contributed by atoms with Crippen molar-refractivity contribution in [3.05, 3.63) is 23.3 Å². The zero-order chi connectivity index (χ0) is 16.4. The molecule has 1 fully saturated rings. The van der Waals surface area contributed by atoms with Crippen LogP contribution >= 0.6 is 0 Å². The second kappa shape index (κ2) is 6.88. The van der Waals surface area contributed by atoms with Gasteiger partial charge in [-0.15, -0.1) is 0 Å². The maximum Gasteiger partial charge on any atom is 0.0947 e. The maximum absolute atomic E-state index is 10.6. The van der Waals surface area contributed by atoms with Crippen molar-refractivity contribution in [1.29, 1.82) is 0 Å². The zero-order valence-corrected chi connectivity index (χ0v) is 15.1. The number of hydrogen-bond donors (Lipinski definition) is 1. The second-order valence-electron chi connectivity index (χ2n) is 8.06. The first kappa shape index (κ1) is 17.7. The first-order valence-corrected chi connectivity index (χ1v) is 8.97. The van der Waals surface area contributed by atoms with Gasteiger partial charge >= 0.3 is 0 Å². The SMILES string of the molecule is CC1=CCC2(C(C)C)CC(C)(O2)C(O)CCCC(C)=CCC1. The highest BCUT2D eigenvalue weighted by molar-refractivity contribution is 5.12. The van der Waals surface area contributed by atoms with E-state index in [1.54, 1.807) is 0 Å². The van der Waals surface area contributed by atoms with Crippen LogP contribution in [-0.4, -0.2) is 22.4 Å². The molecule has 0 radical (unpaired) electrons. The number of aliphatic hydroxyl groups is 1. The summed E-state index contributed by atoms with van der Waals surface area (Å²) in [7, 11) is 0. The van der Waals surface area contributed by atoms with Gasteiger partial charge in [-0.3, -0.25) is 0 Å². The summed E-state index contributed by atoms with van der Waals surface area (Å²) in [5, 5.41) is 10.6. The third-order valence-electron chi connectivity index (χ3n) is 5.72. The minimum atomic E-state index is -0.353. The molecular formula is C20H34O2. The molecule has 2 heterocycles. The summed E-state index contributed by atoms with van der Waals surface area (Å²) in [5.74, 6) is 0.479. The van der Waals surface area contributed by atoms with Crippen molar-refractivity contribution in [2.24, 2.45) is 5.92 Å². The molecule has 0 aromatic carbocycles. The predicted octanol–water partition coefficient (Wildman–Crippen LogP) is 5.17. The van der Waals surface area contributed by atoms with Crippen LogP contribution in [0.2, 0.25) is 0 Å². The zero-order valence-electron chi connectivity index (χ0n) is 15.1. The minimum absolute atomic E-state index is 0.0765. The first-order chi connectivity index (χ1) is 10.3. The van der Waals surface area contributed by atoms with Gasteiger partial charge in [0.1, 0.15) is 0 Å². The normalized spacial score (nSPS) is 37.9. The summed E-state index contributed by atoms with van der Waals surface area (Å²) in [5.41, 5.74) is 2.48. The fraction of sp³-hybridized carbons (Fsp3) is 0.800. The summed E-state index contributed by atoms with van der Waals surface area (Å²) in [6.45, 7) is 11.0. The average molecular weight is 306 g/mol. The van der Waals surface area contributed by atoms with Gasteiger partial charge in [-0.2, -0.15) is 0 Å². The van der Waals surface area contributed by atoms with E-state index >= 15 is 0 Å². The number of aliphatic hydroxyl groups excluding tert-OH is 1. The Morgan fingerprint density at radius 2 is 1.82 bits per heavy atom. The molecule has 3 unspecified atom stereocenters. The molecule has 1 aliphatic carbocycles. The minimum Gasteiger partial charge on any atom is -0.390 e. The van der Waals surface area contributed by atoms with Crippen LogP contribution in [0.4, 0.5) is 0 Å². The van der Waals surface area contributed by atoms with Crippen LogP contribution in [0.15, 0.2) is 23.3 Å². The molecule has 0 saturated carbocycles. The van der Waals surface area contributed by atoms with Gasteiger partial charge in [-0.25, -0.2) is 0 Å². The number of allylic oxidation sites excluding steroid dienone is 3. The molecule has 2 nitrogen and oxygen atoms in total. The van der Waals surface area contributed by atoms with E-state index in [1.165, 1.54) is 11.1 Å². The highest BCUT2D eigenvalue weighted by atomic mass is 16.6. The van der Waals surface area contributed by atoms with Gasteiger partial charge in [-0.1, -0.05) is 37.1 Å². The fourth-order valence-electron chi connectivity index (χ4n) is 3.88. The van der Waals surface area contributed by atoms with E-state index in [9.17, 15) is 5.11 Å². The molecule has 3 rings (SSSR count). The van der Waals surface area contributed by atoms with E-state index in [0.717, 1.165) is 44.9 Å². The Bertz CT molecular complexity index is 439. The third-order valence-corrected chi connectivity index (χ3v) is 5.72. The monoisotopic (exact) mass is 306 g/mol. The van der Waals surface area contributed by atoms with Crippen LogP contribution in [0.5, 0.6) is 0 Å². The molecule has 3 aliphatic rings. The van der Waals surface area contributed by atoms with Crippen LogP contribution in [0.25, 0.3) is 0 Å². The Kier molecular flexibility index (Phi) is 5.55. The Balaban J connectivity index is 2.16. The van der Waals surface area contributed by atoms with Crippen molar-refractivity contribution in [3.63, 3.8) is 0 Å². The lowest BCUT2D eigenvalue weighted by molar-refractivity contribution is -0.313. The first-order valence-electron chi connectivity index (χ1n) is 8.97. The summed E-state index contributed by atoms with van der Waals surface area (Å²) in [6.07, 6.45) is 11.6. The van der Waals surface area contributed by atoms with Gasteiger partial charge in [-0.05, 0) is 65.2 Å². The van der Waals surface area contributed by atoms with Gasteiger partial charge in [0.25, 0.3) is 0 Å². The van der Waals surface area contributed by atoms with Gasteiger partial charge in [0.05, 0.1) is 17.3 Å². The quantitative estimate of drug-likeness (QED) is 0.677. The molecular weight excluding hydrogens is 272 g/mol. The summed E-state index contributed by atoms with van der Waals surface area (Å²) in [6, 6.07) is 0. The molecule has 1 saturated heterocycles. The topological polar surface area (TPSA) is 29.5 Å². The highest BCUT2D eigenvalue weighted by Crippen LogP contribution is 2.51. The van der Waals surface area contributed by atoms with E-state index in [-0.39, 0.29) is 17.3 Å². The van der Waals surface area contributed by atoms with E-state index in [1.807, 2.05) is 0 Å². The molecule has 3 atom stereocenters. The van der Waals surface area contributed by atoms with Crippen molar-refractivity contribution in [2.75, 3.05) is 0 Å². The van der Waals surface area contributed by atoms with Crippen LogP contribution in [-0.2, 0) is 4.74 Å². The van der Waals surface area contributed by atoms with Crippen LogP contribution in [0.3, 0.4) is 0 Å². The lowest BCUT2D eigenvalue weighted by atomic mass is 9.69. The van der Waals surface area contributed by atoms with Gasteiger partial charge in [0.15, 0.2) is 0 Å². The lowest BCUT2D eigenvalue weighted by Crippen LogP contribution is -2.65. The number of hydrogen-bond acceptors (Lipinski definition) is 2. The van der Waals surface area contributed by atoms with Crippen molar-refractivity contribution >= 4 is 0 Å². The fourth-order valence-corrected chi connectivity index (χ4v) is 3.88. The smallest absolute Gasteiger partial charge is 0.0947 e. The summed E-state index contributed by atoms with van der Waals surface area (Å²) >= 11 is 0. The Labute approximate surface area is 136 Å². The maximum atomic E-state index is 10.6. The van der Waals surface area contributed by atoms with Crippen LogP contribution in [0.1, 0.15) is 79.6 Å². The number of ether oxygens (including phenoxy) is 1. The van der Waals surface area contributed by atoms with Gasteiger partial charge < -0.3 is 9.84 Å². The summed E-state index contributed by atoms with van der Waals surface area (Å²) < 4.78 is 6.40. The molecule has 2 bridgehead atoms.